The van der Waals surface area contributed by atoms with Gasteiger partial charge in [-0.25, -0.2) is 4.39 Å². The number of morpholine rings is 1. The molecule has 2 aliphatic heterocycles. The first-order valence-electron chi connectivity index (χ1n) is 10.7. The Morgan fingerprint density at radius 1 is 1.27 bits per heavy atom. The van der Waals surface area contributed by atoms with Crippen LogP contribution >= 0.6 is 0 Å². The van der Waals surface area contributed by atoms with Crippen molar-refractivity contribution >= 4 is 5.91 Å². The third-order valence-corrected chi connectivity index (χ3v) is 5.85. The van der Waals surface area contributed by atoms with Gasteiger partial charge in [0.15, 0.2) is 0 Å². The average Bonchev–Trinajstić information content (AvgIpc) is 3.22. The largest absolute Gasteiger partial charge is 0.491 e. The van der Waals surface area contributed by atoms with Gasteiger partial charge in [-0.05, 0) is 49.6 Å². The summed E-state index contributed by atoms with van der Waals surface area (Å²) in [6, 6.07) is 8.29. The van der Waals surface area contributed by atoms with Crippen molar-refractivity contribution in [2.75, 3.05) is 32.8 Å². The molecular formula is C22H29FN4O3. The number of aryl methyl sites for hydroxylation is 1. The van der Waals surface area contributed by atoms with E-state index in [2.05, 4.69) is 28.1 Å². The molecule has 1 N–H and O–H groups in total. The molecule has 0 bridgehead atoms. The summed E-state index contributed by atoms with van der Waals surface area (Å²) in [5.74, 6) is 0.354. The molecule has 3 heterocycles. The van der Waals surface area contributed by atoms with E-state index < -0.39 is 0 Å². The highest BCUT2D eigenvalue weighted by atomic mass is 19.1. The van der Waals surface area contributed by atoms with Crippen LogP contribution in [-0.2, 0) is 22.5 Å². The Balaban J connectivity index is 1.25. The van der Waals surface area contributed by atoms with Crippen LogP contribution in [0.1, 0.15) is 31.2 Å². The van der Waals surface area contributed by atoms with Crippen molar-refractivity contribution in [3.63, 3.8) is 0 Å². The minimum absolute atomic E-state index is 0.0487. The Bertz CT molecular complexity index is 833. The molecule has 1 atom stereocenters. The first kappa shape index (κ1) is 20.8. The van der Waals surface area contributed by atoms with Crippen molar-refractivity contribution in [2.24, 2.45) is 0 Å². The number of H-pyrrole nitrogens is 1. The van der Waals surface area contributed by atoms with Crippen LogP contribution < -0.4 is 4.74 Å². The molecule has 2 fully saturated rings. The number of likely N-dealkylation sites (tertiary alicyclic amines) is 1. The topological polar surface area (TPSA) is 70.7 Å². The van der Waals surface area contributed by atoms with Crippen molar-refractivity contribution in [1.29, 1.82) is 0 Å². The Hall–Kier alpha value is -2.45. The molecule has 0 saturated carbocycles. The number of piperidine rings is 1. The number of ether oxygens (including phenoxy) is 2. The zero-order chi connectivity index (χ0) is 20.9. The standard InChI is InChI=1S/C22H29FN4O3/c1-2-17-11-18(25-24-17)12-26-9-7-19(8-10-26)27-13-21(30-15-22(27)28)14-29-20-5-3-16(23)4-6-20/h3-6,11,19,21H,2,7-10,12-15H2,1H3,(H,24,25)/t21-/m1/s1. The van der Waals surface area contributed by atoms with E-state index in [1.54, 1.807) is 12.1 Å². The molecule has 4 rings (SSSR count). The van der Waals surface area contributed by atoms with Crippen molar-refractivity contribution in [1.82, 2.24) is 20.0 Å². The third kappa shape index (κ3) is 5.17. The lowest BCUT2D eigenvalue weighted by Crippen LogP contribution is -2.55. The number of carbonyl (C=O) groups excluding carboxylic acids is 1. The molecule has 2 saturated heterocycles. The Kier molecular flexibility index (Phi) is 6.64. The number of rotatable bonds is 7. The number of amides is 1. The quantitative estimate of drug-likeness (QED) is 0.751. The predicted octanol–water partition coefficient (Wildman–Crippen LogP) is 2.38. The lowest BCUT2D eigenvalue weighted by Gasteiger charge is -2.42. The van der Waals surface area contributed by atoms with E-state index in [9.17, 15) is 9.18 Å². The number of nitrogens with zero attached hydrogens (tertiary/aromatic N) is 3. The Labute approximate surface area is 176 Å². The van der Waals surface area contributed by atoms with E-state index in [1.807, 2.05) is 4.90 Å². The molecule has 2 aliphatic rings. The molecule has 0 aliphatic carbocycles. The fraction of sp³-hybridized carbons (Fsp3) is 0.545. The maximum Gasteiger partial charge on any atom is 0.248 e. The molecule has 162 valence electrons. The normalized spacial score (nSPS) is 21.2. The fourth-order valence-electron chi connectivity index (χ4n) is 4.12. The van der Waals surface area contributed by atoms with E-state index in [0.717, 1.165) is 50.3 Å². The summed E-state index contributed by atoms with van der Waals surface area (Å²) in [7, 11) is 0. The van der Waals surface area contributed by atoms with Crippen molar-refractivity contribution in [3.8, 4) is 5.75 Å². The second-order valence-corrected chi connectivity index (χ2v) is 7.99. The van der Waals surface area contributed by atoms with Gasteiger partial charge in [-0.2, -0.15) is 5.10 Å². The number of nitrogens with one attached hydrogen (secondary N) is 1. The number of hydrogen-bond donors (Lipinski definition) is 1. The smallest absolute Gasteiger partial charge is 0.248 e. The van der Waals surface area contributed by atoms with Gasteiger partial charge in [-0.15, -0.1) is 0 Å². The van der Waals surface area contributed by atoms with E-state index in [1.165, 1.54) is 12.1 Å². The summed E-state index contributed by atoms with van der Waals surface area (Å²) in [5, 5.41) is 7.42. The molecule has 0 radical (unpaired) electrons. The van der Waals surface area contributed by atoms with Gasteiger partial charge in [-0.3, -0.25) is 14.8 Å². The summed E-state index contributed by atoms with van der Waals surface area (Å²) in [6.07, 6.45) is 2.66. The van der Waals surface area contributed by atoms with Gasteiger partial charge in [0.05, 0.1) is 12.2 Å². The summed E-state index contributed by atoms with van der Waals surface area (Å²) in [5.41, 5.74) is 2.23. The average molecular weight is 416 g/mol. The molecule has 0 unspecified atom stereocenters. The van der Waals surface area contributed by atoms with Crippen LogP contribution in [0.3, 0.4) is 0 Å². The van der Waals surface area contributed by atoms with Crippen LogP contribution in [0, 0.1) is 5.82 Å². The lowest BCUT2D eigenvalue weighted by atomic mass is 10.0. The summed E-state index contributed by atoms with van der Waals surface area (Å²) in [6.45, 7) is 5.83. The molecule has 7 nitrogen and oxygen atoms in total. The molecule has 1 aromatic heterocycles. The van der Waals surface area contributed by atoms with Gasteiger partial charge in [0.1, 0.15) is 30.9 Å². The second kappa shape index (κ2) is 9.57. The zero-order valence-corrected chi connectivity index (χ0v) is 17.3. The van der Waals surface area contributed by atoms with Gasteiger partial charge < -0.3 is 14.4 Å². The minimum atomic E-state index is -0.294. The van der Waals surface area contributed by atoms with Gasteiger partial charge in [-0.1, -0.05) is 6.92 Å². The van der Waals surface area contributed by atoms with Crippen LogP contribution in [0.5, 0.6) is 5.75 Å². The number of hydrogen-bond acceptors (Lipinski definition) is 5. The number of carbonyl (C=O) groups is 1. The maximum absolute atomic E-state index is 13.0. The predicted molar refractivity (Wildman–Crippen MR) is 110 cm³/mol. The van der Waals surface area contributed by atoms with E-state index in [0.29, 0.717) is 18.9 Å². The van der Waals surface area contributed by atoms with Crippen molar-refractivity contribution in [3.05, 3.63) is 47.5 Å². The molecule has 30 heavy (non-hydrogen) atoms. The second-order valence-electron chi connectivity index (χ2n) is 7.99. The van der Waals surface area contributed by atoms with Crippen molar-refractivity contribution < 1.29 is 18.7 Å². The van der Waals surface area contributed by atoms with Crippen LogP contribution in [0.2, 0.25) is 0 Å². The number of benzene rings is 1. The van der Waals surface area contributed by atoms with Gasteiger partial charge in [0, 0.05) is 31.4 Å². The number of aromatic amines is 1. The van der Waals surface area contributed by atoms with Crippen LogP contribution in [0.4, 0.5) is 4.39 Å². The molecule has 0 spiro atoms. The van der Waals surface area contributed by atoms with Gasteiger partial charge >= 0.3 is 0 Å². The van der Waals surface area contributed by atoms with E-state index in [4.69, 9.17) is 9.47 Å². The Morgan fingerprint density at radius 3 is 2.73 bits per heavy atom. The highest BCUT2D eigenvalue weighted by Crippen LogP contribution is 2.22. The monoisotopic (exact) mass is 416 g/mol. The molecule has 1 aromatic carbocycles. The van der Waals surface area contributed by atoms with E-state index >= 15 is 0 Å². The highest BCUT2D eigenvalue weighted by Gasteiger charge is 2.33. The lowest BCUT2D eigenvalue weighted by molar-refractivity contribution is -0.155. The number of halogens is 1. The molecule has 1 amide bonds. The fourth-order valence-corrected chi connectivity index (χ4v) is 4.12. The zero-order valence-electron chi connectivity index (χ0n) is 17.3. The third-order valence-electron chi connectivity index (χ3n) is 5.85. The summed E-state index contributed by atoms with van der Waals surface area (Å²) < 4.78 is 24.4. The van der Waals surface area contributed by atoms with E-state index in [-0.39, 0.29) is 30.5 Å². The summed E-state index contributed by atoms with van der Waals surface area (Å²) in [4.78, 5) is 16.8. The van der Waals surface area contributed by atoms with Gasteiger partial charge in [0.2, 0.25) is 5.91 Å². The molecular weight excluding hydrogens is 387 g/mol. The maximum atomic E-state index is 13.0. The summed E-state index contributed by atoms with van der Waals surface area (Å²) >= 11 is 0. The SMILES string of the molecule is CCc1cc(CN2CCC(N3C[C@H](COc4ccc(F)cc4)OCC3=O)CC2)[nH]n1. The first-order chi connectivity index (χ1) is 14.6. The Morgan fingerprint density at radius 2 is 2.03 bits per heavy atom. The minimum Gasteiger partial charge on any atom is -0.491 e. The van der Waals surface area contributed by atoms with Crippen molar-refractivity contribution in [2.45, 2.75) is 44.9 Å². The van der Waals surface area contributed by atoms with Crippen LogP contribution in [-0.4, -0.2) is 70.9 Å². The highest BCUT2D eigenvalue weighted by molar-refractivity contribution is 5.78. The van der Waals surface area contributed by atoms with Gasteiger partial charge in [0.25, 0.3) is 0 Å². The molecule has 2 aromatic rings. The van der Waals surface area contributed by atoms with Crippen LogP contribution in [0.15, 0.2) is 30.3 Å². The number of aromatic nitrogens is 2. The molecule has 8 heteroatoms. The van der Waals surface area contributed by atoms with Crippen LogP contribution in [0.25, 0.3) is 0 Å². The first-order valence-corrected chi connectivity index (χ1v) is 10.7.